The number of benzene rings is 2. The van der Waals surface area contributed by atoms with E-state index in [1.165, 1.54) is 49.2 Å². The van der Waals surface area contributed by atoms with Gasteiger partial charge in [0.15, 0.2) is 0 Å². The summed E-state index contributed by atoms with van der Waals surface area (Å²) in [4.78, 5) is 7.30. The lowest BCUT2D eigenvalue weighted by molar-refractivity contribution is 0.157. The van der Waals surface area contributed by atoms with Gasteiger partial charge in [0, 0.05) is 31.7 Å². The third-order valence-corrected chi connectivity index (χ3v) is 6.47. The Balaban J connectivity index is 1.70. The lowest BCUT2D eigenvalue weighted by Gasteiger charge is -2.33. The van der Waals surface area contributed by atoms with Gasteiger partial charge in [-0.1, -0.05) is 18.2 Å². The second-order valence-corrected chi connectivity index (χ2v) is 9.46. The lowest BCUT2D eigenvalue weighted by atomic mass is 9.96. The van der Waals surface area contributed by atoms with E-state index in [0.29, 0.717) is 0 Å². The first-order valence-electron chi connectivity index (χ1n) is 11.8. The van der Waals surface area contributed by atoms with E-state index in [0.717, 1.165) is 43.5 Å². The second-order valence-electron chi connectivity index (χ2n) is 9.46. The number of nitrogens with zero attached hydrogens (tertiary/aromatic N) is 3. The van der Waals surface area contributed by atoms with Gasteiger partial charge in [0.2, 0.25) is 0 Å². The van der Waals surface area contributed by atoms with Gasteiger partial charge in [-0.3, -0.25) is 4.90 Å². The lowest BCUT2D eigenvalue weighted by Crippen LogP contribution is -2.37. The highest BCUT2D eigenvalue weighted by Crippen LogP contribution is 2.24. The highest BCUT2D eigenvalue weighted by molar-refractivity contribution is 5.37. The number of likely N-dealkylation sites (tertiary alicyclic amines) is 1. The van der Waals surface area contributed by atoms with Crippen molar-refractivity contribution in [2.75, 3.05) is 61.5 Å². The molecular formula is C27H41N3O2. The van der Waals surface area contributed by atoms with Gasteiger partial charge in [0.25, 0.3) is 0 Å². The third kappa shape index (κ3) is 7.51. The van der Waals surface area contributed by atoms with Crippen LogP contribution in [0.1, 0.15) is 29.5 Å². The van der Waals surface area contributed by atoms with Gasteiger partial charge in [0.05, 0.1) is 14.2 Å². The van der Waals surface area contributed by atoms with Gasteiger partial charge >= 0.3 is 0 Å². The van der Waals surface area contributed by atoms with Crippen molar-refractivity contribution in [1.82, 2.24) is 14.7 Å². The SMILES string of the molecule is COc1ccc(CCN(Cc2ccc(OC)c(CN(C)C)c2)CC2CCN(C)CC2)cc1. The molecule has 1 saturated heterocycles. The highest BCUT2D eigenvalue weighted by Gasteiger charge is 2.20. The Hall–Kier alpha value is -2.08. The molecule has 2 aromatic carbocycles. The summed E-state index contributed by atoms with van der Waals surface area (Å²) in [7, 11) is 9.93. The molecule has 0 aromatic heterocycles. The van der Waals surface area contributed by atoms with Gasteiger partial charge in [-0.15, -0.1) is 0 Å². The number of methoxy groups -OCH3 is 2. The first-order chi connectivity index (χ1) is 15.5. The molecule has 0 saturated carbocycles. The molecule has 1 aliphatic rings. The smallest absolute Gasteiger partial charge is 0.123 e. The Morgan fingerprint density at radius 2 is 1.59 bits per heavy atom. The molecular weight excluding hydrogens is 398 g/mol. The van der Waals surface area contributed by atoms with Crippen molar-refractivity contribution in [2.24, 2.45) is 5.92 Å². The van der Waals surface area contributed by atoms with Crippen molar-refractivity contribution < 1.29 is 9.47 Å². The van der Waals surface area contributed by atoms with E-state index in [-0.39, 0.29) is 0 Å². The quantitative estimate of drug-likeness (QED) is 0.524. The van der Waals surface area contributed by atoms with Crippen LogP contribution in [0.4, 0.5) is 0 Å². The molecule has 5 nitrogen and oxygen atoms in total. The van der Waals surface area contributed by atoms with Crippen molar-refractivity contribution in [3.05, 3.63) is 59.2 Å². The number of hydrogen-bond donors (Lipinski definition) is 0. The second kappa shape index (κ2) is 12.2. The van der Waals surface area contributed by atoms with E-state index >= 15 is 0 Å². The van der Waals surface area contributed by atoms with Crippen LogP contribution in [0, 0.1) is 5.92 Å². The van der Waals surface area contributed by atoms with E-state index < -0.39 is 0 Å². The van der Waals surface area contributed by atoms with Crippen LogP contribution in [0.25, 0.3) is 0 Å². The van der Waals surface area contributed by atoms with Crippen LogP contribution in [0.3, 0.4) is 0 Å². The summed E-state index contributed by atoms with van der Waals surface area (Å²) in [6.45, 7) is 6.52. The molecule has 32 heavy (non-hydrogen) atoms. The molecule has 1 heterocycles. The van der Waals surface area contributed by atoms with Crippen molar-refractivity contribution in [3.63, 3.8) is 0 Å². The fourth-order valence-electron chi connectivity index (χ4n) is 4.58. The molecule has 1 aliphatic heterocycles. The predicted octanol–water partition coefficient (Wildman–Crippen LogP) is 4.15. The monoisotopic (exact) mass is 439 g/mol. The van der Waals surface area contributed by atoms with Crippen LogP contribution >= 0.6 is 0 Å². The van der Waals surface area contributed by atoms with E-state index in [1.54, 1.807) is 14.2 Å². The molecule has 0 atom stereocenters. The molecule has 2 aromatic rings. The van der Waals surface area contributed by atoms with E-state index in [4.69, 9.17) is 9.47 Å². The number of rotatable bonds is 11. The van der Waals surface area contributed by atoms with Crippen LogP contribution < -0.4 is 9.47 Å². The Bertz CT molecular complexity index is 814. The maximum absolute atomic E-state index is 5.61. The first-order valence-corrected chi connectivity index (χ1v) is 11.8. The minimum atomic E-state index is 0.779. The largest absolute Gasteiger partial charge is 0.497 e. The Morgan fingerprint density at radius 3 is 2.22 bits per heavy atom. The maximum atomic E-state index is 5.61. The molecule has 0 aliphatic carbocycles. The van der Waals surface area contributed by atoms with Crippen LogP contribution in [-0.4, -0.2) is 76.2 Å². The summed E-state index contributed by atoms with van der Waals surface area (Å²) in [5, 5.41) is 0. The van der Waals surface area contributed by atoms with E-state index in [1.807, 2.05) is 0 Å². The van der Waals surface area contributed by atoms with Crippen LogP contribution in [0.2, 0.25) is 0 Å². The molecule has 0 spiro atoms. The molecule has 3 rings (SSSR count). The fourth-order valence-corrected chi connectivity index (χ4v) is 4.58. The molecule has 0 unspecified atom stereocenters. The van der Waals surface area contributed by atoms with Gasteiger partial charge in [-0.25, -0.2) is 0 Å². The predicted molar refractivity (Wildman–Crippen MR) is 133 cm³/mol. The number of piperidine rings is 1. The normalized spacial score (nSPS) is 15.5. The zero-order valence-corrected chi connectivity index (χ0v) is 20.6. The Morgan fingerprint density at radius 1 is 0.906 bits per heavy atom. The summed E-state index contributed by atoms with van der Waals surface area (Å²) in [6.07, 6.45) is 3.64. The molecule has 176 valence electrons. The van der Waals surface area contributed by atoms with Crippen LogP contribution in [0.15, 0.2) is 42.5 Å². The zero-order valence-electron chi connectivity index (χ0n) is 20.6. The standard InChI is InChI=1S/C27H41N3O2/c1-28(2)21-25-18-24(8-11-27(25)32-5)20-30(19-23-12-15-29(3)16-13-23)17-14-22-6-9-26(31-4)10-7-22/h6-11,18,23H,12-17,19-21H2,1-5H3. The van der Waals surface area contributed by atoms with Crippen molar-refractivity contribution in [3.8, 4) is 11.5 Å². The molecule has 0 bridgehead atoms. The summed E-state index contributed by atoms with van der Waals surface area (Å²) >= 11 is 0. The zero-order chi connectivity index (χ0) is 22.9. The van der Waals surface area contributed by atoms with Crippen molar-refractivity contribution >= 4 is 0 Å². The van der Waals surface area contributed by atoms with Gasteiger partial charge in [-0.05, 0) is 94.8 Å². The Labute approximate surface area is 194 Å². The summed E-state index contributed by atoms with van der Waals surface area (Å²) in [6, 6.07) is 15.2. The molecule has 0 radical (unpaired) electrons. The minimum Gasteiger partial charge on any atom is -0.497 e. The van der Waals surface area contributed by atoms with E-state index in [2.05, 4.69) is 78.3 Å². The van der Waals surface area contributed by atoms with Gasteiger partial charge in [-0.2, -0.15) is 0 Å². The number of hydrogen-bond acceptors (Lipinski definition) is 5. The summed E-state index contributed by atoms with van der Waals surface area (Å²) in [5.74, 6) is 2.67. The average molecular weight is 440 g/mol. The maximum Gasteiger partial charge on any atom is 0.123 e. The minimum absolute atomic E-state index is 0.779. The average Bonchev–Trinajstić information content (AvgIpc) is 2.79. The molecule has 0 amide bonds. The number of ether oxygens (including phenoxy) is 2. The summed E-state index contributed by atoms with van der Waals surface area (Å²) < 4.78 is 10.9. The third-order valence-electron chi connectivity index (χ3n) is 6.47. The molecule has 1 fully saturated rings. The van der Waals surface area contributed by atoms with Crippen molar-refractivity contribution in [1.29, 1.82) is 0 Å². The molecule has 0 N–H and O–H groups in total. The highest BCUT2D eigenvalue weighted by atomic mass is 16.5. The first kappa shape index (κ1) is 24.6. The fraction of sp³-hybridized carbons (Fsp3) is 0.556. The topological polar surface area (TPSA) is 28.2 Å². The van der Waals surface area contributed by atoms with Crippen LogP contribution in [0.5, 0.6) is 11.5 Å². The van der Waals surface area contributed by atoms with Gasteiger partial charge in [0.1, 0.15) is 11.5 Å². The van der Waals surface area contributed by atoms with Crippen molar-refractivity contribution in [2.45, 2.75) is 32.4 Å². The van der Waals surface area contributed by atoms with Gasteiger partial charge < -0.3 is 19.3 Å². The molecule has 5 heteroatoms. The Kier molecular flexibility index (Phi) is 9.39. The van der Waals surface area contributed by atoms with Crippen LogP contribution in [-0.2, 0) is 19.5 Å². The van der Waals surface area contributed by atoms with E-state index in [9.17, 15) is 0 Å². The summed E-state index contributed by atoms with van der Waals surface area (Å²) in [5.41, 5.74) is 3.98.